The molecule has 3 N–H and O–H groups in total. The summed E-state index contributed by atoms with van der Waals surface area (Å²) < 4.78 is 0. The van der Waals surface area contributed by atoms with Gasteiger partial charge in [0.15, 0.2) is 0 Å². The third-order valence-corrected chi connectivity index (χ3v) is 3.55. The molecule has 1 aromatic carbocycles. The van der Waals surface area contributed by atoms with Crippen LogP contribution in [0.4, 0.5) is 5.69 Å². The summed E-state index contributed by atoms with van der Waals surface area (Å²) in [5.41, 5.74) is 1.23. The van der Waals surface area contributed by atoms with Crippen LogP contribution in [0.2, 0.25) is 0 Å². The third-order valence-electron chi connectivity index (χ3n) is 3.55. The van der Waals surface area contributed by atoms with E-state index in [4.69, 9.17) is 0 Å². The largest absolute Gasteiger partial charge is 0.352 e. The van der Waals surface area contributed by atoms with E-state index in [-0.39, 0.29) is 30.3 Å². The number of hydrogen-bond donors (Lipinski definition) is 3. The van der Waals surface area contributed by atoms with Crippen molar-refractivity contribution in [3.8, 4) is 0 Å². The fourth-order valence-electron chi connectivity index (χ4n) is 2.38. The molecule has 1 heterocycles. The Bertz CT molecular complexity index is 502. The fourth-order valence-corrected chi connectivity index (χ4v) is 2.38. The molecule has 2 amide bonds. The number of amides is 2. The van der Waals surface area contributed by atoms with E-state index in [0.29, 0.717) is 17.8 Å². The number of halogens is 1. The minimum absolute atomic E-state index is 0. The van der Waals surface area contributed by atoms with E-state index in [9.17, 15) is 9.59 Å². The summed E-state index contributed by atoms with van der Waals surface area (Å²) in [6.45, 7) is 3.55. The van der Waals surface area contributed by atoms with Crippen LogP contribution in [0.1, 0.15) is 43.0 Å². The highest BCUT2D eigenvalue weighted by molar-refractivity contribution is 5.98. The number of nitrogens with one attached hydrogen (secondary N) is 3. The van der Waals surface area contributed by atoms with Crippen LogP contribution in [0.3, 0.4) is 0 Å². The van der Waals surface area contributed by atoms with Gasteiger partial charge in [-0.25, -0.2) is 0 Å². The van der Waals surface area contributed by atoms with E-state index in [1.165, 1.54) is 0 Å². The van der Waals surface area contributed by atoms with Crippen LogP contribution in [-0.2, 0) is 4.79 Å². The van der Waals surface area contributed by atoms with Gasteiger partial charge in [0, 0.05) is 17.8 Å². The predicted octanol–water partition coefficient (Wildman–Crippen LogP) is 2.33. The van der Waals surface area contributed by atoms with Crippen LogP contribution in [-0.4, -0.2) is 30.9 Å². The lowest BCUT2D eigenvalue weighted by molar-refractivity contribution is -0.118. The molecular weight excluding hydrogens is 302 g/mol. The molecule has 1 aliphatic rings. The summed E-state index contributed by atoms with van der Waals surface area (Å²) in [6, 6.07) is 6.92. The molecule has 1 aliphatic heterocycles. The number of anilines is 1. The smallest absolute Gasteiger partial charge is 0.251 e. The maximum atomic E-state index is 12.1. The molecule has 0 bridgehead atoms. The molecule has 6 heteroatoms. The second kappa shape index (κ2) is 9.43. The first-order chi connectivity index (χ1) is 10.2. The van der Waals surface area contributed by atoms with Crippen LogP contribution in [0.25, 0.3) is 0 Å². The van der Waals surface area contributed by atoms with E-state index in [2.05, 4.69) is 16.0 Å². The first kappa shape index (κ1) is 18.5. The molecule has 0 aromatic heterocycles. The summed E-state index contributed by atoms with van der Waals surface area (Å²) in [6.07, 6.45) is 3.96. The van der Waals surface area contributed by atoms with Crippen molar-refractivity contribution in [3.63, 3.8) is 0 Å². The fraction of sp³-hybridized carbons (Fsp3) is 0.500. The molecule has 2 rings (SSSR count). The molecule has 1 saturated heterocycles. The monoisotopic (exact) mass is 325 g/mol. The van der Waals surface area contributed by atoms with Crippen LogP contribution in [0.15, 0.2) is 24.3 Å². The summed E-state index contributed by atoms with van der Waals surface area (Å²) in [4.78, 5) is 24.1. The van der Waals surface area contributed by atoms with Crippen molar-refractivity contribution in [1.82, 2.24) is 10.6 Å². The second-order valence-corrected chi connectivity index (χ2v) is 5.33. The third kappa shape index (κ3) is 5.31. The molecular formula is C16H24ClN3O2. The van der Waals surface area contributed by atoms with Crippen molar-refractivity contribution >= 4 is 29.9 Å². The zero-order chi connectivity index (χ0) is 15.1. The zero-order valence-corrected chi connectivity index (χ0v) is 13.7. The van der Waals surface area contributed by atoms with Crippen molar-refractivity contribution in [2.75, 3.05) is 18.4 Å². The number of carbonyl (C=O) groups excluding carboxylic acids is 2. The maximum Gasteiger partial charge on any atom is 0.251 e. The number of benzene rings is 1. The summed E-state index contributed by atoms with van der Waals surface area (Å²) >= 11 is 0. The molecule has 1 atom stereocenters. The molecule has 0 aliphatic carbocycles. The average molecular weight is 326 g/mol. The van der Waals surface area contributed by atoms with Gasteiger partial charge in [-0.15, -0.1) is 12.4 Å². The van der Waals surface area contributed by atoms with Crippen LogP contribution < -0.4 is 16.0 Å². The summed E-state index contributed by atoms with van der Waals surface area (Å²) in [5.74, 6) is -0.135. The topological polar surface area (TPSA) is 70.2 Å². The van der Waals surface area contributed by atoms with Gasteiger partial charge < -0.3 is 16.0 Å². The van der Waals surface area contributed by atoms with Gasteiger partial charge >= 0.3 is 0 Å². The van der Waals surface area contributed by atoms with Gasteiger partial charge in [0.1, 0.15) is 0 Å². The molecule has 5 nitrogen and oxygen atoms in total. The van der Waals surface area contributed by atoms with Crippen LogP contribution in [0, 0.1) is 0 Å². The summed E-state index contributed by atoms with van der Waals surface area (Å²) in [7, 11) is 0. The molecule has 0 radical (unpaired) electrons. The van der Waals surface area contributed by atoms with Gasteiger partial charge in [0.2, 0.25) is 5.91 Å². The van der Waals surface area contributed by atoms with Crippen LogP contribution >= 0.6 is 12.4 Å². The minimum atomic E-state index is -0.128. The Hall–Kier alpha value is -1.59. The van der Waals surface area contributed by atoms with Crippen molar-refractivity contribution in [3.05, 3.63) is 29.8 Å². The van der Waals surface area contributed by atoms with Crippen molar-refractivity contribution in [2.45, 2.75) is 38.6 Å². The highest BCUT2D eigenvalue weighted by Crippen LogP contribution is 2.13. The molecule has 0 saturated carbocycles. The Labute approximate surface area is 137 Å². The zero-order valence-electron chi connectivity index (χ0n) is 12.9. The van der Waals surface area contributed by atoms with Gasteiger partial charge in [-0.2, -0.15) is 0 Å². The first-order valence-corrected chi connectivity index (χ1v) is 7.63. The Morgan fingerprint density at radius 3 is 2.82 bits per heavy atom. The second-order valence-electron chi connectivity index (χ2n) is 5.33. The van der Waals surface area contributed by atoms with E-state index in [1.54, 1.807) is 24.3 Å². The van der Waals surface area contributed by atoms with E-state index < -0.39 is 0 Å². The molecule has 0 unspecified atom stereocenters. The lowest BCUT2D eigenvalue weighted by Gasteiger charge is -2.22. The molecule has 122 valence electrons. The predicted molar refractivity (Wildman–Crippen MR) is 90.6 cm³/mol. The van der Waals surface area contributed by atoms with Gasteiger partial charge in [-0.3, -0.25) is 9.59 Å². The molecule has 1 fully saturated rings. The summed E-state index contributed by atoms with van der Waals surface area (Å²) in [5, 5.41) is 8.92. The number of piperidine rings is 1. The number of rotatable bonds is 5. The standard InChI is InChI=1S/C16H23N3O2.ClH/c1-2-9-18-15(20)12-6-5-7-13(11-12)19-16(21)14-8-3-4-10-17-14;/h5-7,11,14,17H,2-4,8-10H2,1H3,(H,18,20)(H,19,21);1H/t14-;/m0./s1. The Kier molecular flexibility index (Phi) is 7.91. The lowest BCUT2D eigenvalue weighted by atomic mass is 10.0. The highest BCUT2D eigenvalue weighted by Gasteiger charge is 2.20. The van der Waals surface area contributed by atoms with Gasteiger partial charge in [-0.05, 0) is 44.0 Å². The van der Waals surface area contributed by atoms with Crippen molar-refractivity contribution < 1.29 is 9.59 Å². The molecule has 0 spiro atoms. The molecule has 1 aromatic rings. The highest BCUT2D eigenvalue weighted by atomic mass is 35.5. The average Bonchev–Trinajstić information content (AvgIpc) is 2.53. The van der Waals surface area contributed by atoms with Crippen LogP contribution in [0.5, 0.6) is 0 Å². The van der Waals surface area contributed by atoms with Crippen molar-refractivity contribution in [1.29, 1.82) is 0 Å². The van der Waals surface area contributed by atoms with Gasteiger partial charge in [0.25, 0.3) is 5.91 Å². The Morgan fingerprint density at radius 2 is 2.14 bits per heavy atom. The minimum Gasteiger partial charge on any atom is -0.352 e. The number of carbonyl (C=O) groups is 2. The van der Waals surface area contributed by atoms with Gasteiger partial charge in [-0.1, -0.05) is 19.4 Å². The Balaban J connectivity index is 0.00000242. The van der Waals surface area contributed by atoms with E-state index in [1.807, 2.05) is 6.92 Å². The van der Waals surface area contributed by atoms with Gasteiger partial charge in [0.05, 0.1) is 6.04 Å². The normalized spacial score (nSPS) is 17.2. The maximum absolute atomic E-state index is 12.1. The molecule has 22 heavy (non-hydrogen) atoms. The quantitative estimate of drug-likeness (QED) is 0.778. The van der Waals surface area contributed by atoms with E-state index in [0.717, 1.165) is 32.2 Å². The van der Waals surface area contributed by atoms with E-state index >= 15 is 0 Å². The SMILES string of the molecule is CCCNC(=O)c1cccc(NC(=O)[C@@H]2CCCCN2)c1.Cl. The van der Waals surface area contributed by atoms with Crippen molar-refractivity contribution in [2.24, 2.45) is 0 Å². The Morgan fingerprint density at radius 1 is 1.32 bits per heavy atom. The lowest BCUT2D eigenvalue weighted by Crippen LogP contribution is -2.43. The first-order valence-electron chi connectivity index (χ1n) is 7.63. The number of hydrogen-bond acceptors (Lipinski definition) is 3.